The zero-order valence-electron chi connectivity index (χ0n) is 20.2. The van der Waals surface area contributed by atoms with Gasteiger partial charge in [0.15, 0.2) is 16.5 Å². The third-order valence-electron chi connectivity index (χ3n) is 6.15. The molecule has 2 N–H and O–H groups in total. The Kier molecular flexibility index (Phi) is 7.08. The number of furan rings is 1. The number of fused-ring (bicyclic) bond motifs is 1. The van der Waals surface area contributed by atoms with Gasteiger partial charge in [0, 0.05) is 21.8 Å². The van der Waals surface area contributed by atoms with Crippen LogP contribution < -0.4 is 10.6 Å². The number of thiocarbonyl (C=S) groups is 1. The van der Waals surface area contributed by atoms with Gasteiger partial charge in [-0.3, -0.25) is 10.1 Å². The second-order valence-corrected chi connectivity index (χ2v) is 9.56. The van der Waals surface area contributed by atoms with Gasteiger partial charge in [0.2, 0.25) is 5.89 Å². The molecule has 3 aromatic carbocycles. The first kappa shape index (κ1) is 24.7. The Labute approximate surface area is 224 Å². The van der Waals surface area contributed by atoms with Crippen LogP contribution in [0.2, 0.25) is 5.02 Å². The summed E-state index contributed by atoms with van der Waals surface area (Å²) in [6, 6.07) is 24.1. The van der Waals surface area contributed by atoms with E-state index in [0.29, 0.717) is 28.3 Å². The van der Waals surface area contributed by atoms with Crippen LogP contribution >= 0.6 is 23.8 Å². The monoisotopic (exact) mass is 529 g/mol. The summed E-state index contributed by atoms with van der Waals surface area (Å²) in [5.41, 5.74) is 5.09. The van der Waals surface area contributed by atoms with Gasteiger partial charge < -0.3 is 14.2 Å². The Morgan fingerprint density at radius 2 is 1.81 bits per heavy atom. The Morgan fingerprint density at radius 3 is 2.59 bits per heavy atom. The van der Waals surface area contributed by atoms with Crippen LogP contribution in [0.25, 0.3) is 33.9 Å². The van der Waals surface area contributed by atoms with Crippen LogP contribution in [0.15, 0.2) is 87.7 Å². The van der Waals surface area contributed by atoms with E-state index in [-0.39, 0.29) is 10.9 Å². The number of rotatable bonds is 6. The van der Waals surface area contributed by atoms with Crippen molar-refractivity contribution in [3.63, 3.8) is 0 Å². The fourth-order valence-electron chi connectivity index (χ4n) is 3.90. The molecule has 0 aliphatic carbocycles. The number of anilines is 1. The highest BCUT2D eigenvalue weighted by Gasteiger charge is 2.15. The number of nitrogens with one attached hydrogen (secondary N) is 2. The number of carbonyl (C=O) groups is 1. The predicted molar refractivity (Wildman–Crippen MR) is 151 cm³/mol. The first-order valence-electron chi connectivity index (χ1n) is 11.9. The Balaban J connectivity index is 1.26. The molecule has 1 amide bonds. The van der Waals surface area contributed by atoms with E-state index in [2.05, 4.69) is 41.6 Å². The van der Waals surface area contributed by atoms with Gasteiger partial charge in [-0.05, 0) is 96.9 Å². The zero-order valence-corrected chi connectivity index (χ0v) is 21.8. The Morgan fingerprint density at radius 1 is 1.00 bits per heavy atom. The van der Waals surface area contributed by atoms with Crippen molar-refractivity contribution < 1.29 is 13.6 Å². The highest BCUT2D eigenvalue weighted by Crippen LogP contribution is 2.29. The second kappa shape index (κ2) is 10.6. The average molecular weight is 530 g/mol. The quantitative estimate of drug-likeness (QED) is 0.217. The summed E-state index contributed by atoms with van der Waals surface area (Å²) in [6.45, 7) is 4.37. The number of aromatic nitrogens is 1. The van der Waals surface area contributed by atoms with Crippen LogP contribution in [0.4, 0.5) is 5.69 Å². The normalized spacial score (nSPS) is 11.9. The molecule has 5 aromatic rings. The summed E-state index contributed by atoms with van der Waals surface area (Å²) >= 11 is 11.3. The van der Waals surface area contributed by atoms with Crippen LogP contribution in [0.1, 0.15) is 42.3 Å². The van der Waals surface area contributed by atoms with Crippen molar-refractivity contribution in [2.24, 2.45) is 0 Å². The standard InChI is InChI=1S/C29H24ClN3O3S/c1-3-17(2)19-9-12-25-23(16-19)32-28(36-25)20-5-4-6-22(15-20)31-29(37)33-27(34)26-14-13-24(35-26)18-7-10-21(30)11-8-18/h4-17H,3H2,1-2H3,(H2,31,33,34,37). The molecule has 186 valence electrons. The van der Waals surface area contributed by atoms with Crippen molar-refractivity contribution in [3.05, 3.63) is 95.2 Å². The van der Waals surface area contributed by atoms with Gasteiger partial charge in [-0.2, -0.15) is 0 Å². The molecule has 5 rings (SSSR count). The highest BCUT2D eigenvalue weighted by molar-refractivity contribution is 7.80. The highest BCUT2D eigenvalue weighted by atomic mass is 35.5. The van der Waals surface area contributed by atoms with Gasteiger partial charge in [-0.25, -0.2) is 4.98 Å². The van der Waals surface area contributed by atoms with Crippen molar-refractivity contribution in [1.29, 1.82) is 0 Å². The molecular weight excluding hydrogens is 506 g/mol. The molecule has 0 spiro atoms. The molecule has 0 aliphatic rings. The fraction of sp³-hybridized carbons (Fsp3) is 0.138. The van der Waals surface area contributed by atoms with Crippen molar-refractivity contribution in [1.82, 2.24) is 10.3 Å². The molecule has 1 unspecified atom stereocenters. The number of hydrogen-bond donors (Lipinski definition) is 2. The van der Waals surface area contributed by atoms with Crippen LogP contribution in [0, 0.1) is 0 Å². The van der Waals surface area contributed by atoms with Crippen molar-refractivity contribution in [2.75, 3.05) is 5.32 Å². The lowest BCUT2D eigenvalue weighted by atomic mass is 9.98. The lowest BCUT2D eigenvalue weighted by Crippen LogP contribution is -2.33. The summed E-state index contributed by atoms with van der Waals surface area (Å²) in [4.78, 5) is 17.3. The van der Waals surface area contributed by atoms with Crippen LogP contribution in [-0.2, 0) is 0 Å². The summed E-state index contributed by atoms with van der Waals surface area (Å²) in [5.74, 6) is 1.22. The van der Waals surface area contributed by atoms with Crippen molar-refractivity contribution in [3.8, 4) is 22.8 Å². The molecule has 0 aliphatic heterocycles. The summed E-state index contributed by atoms with van der Waals surface area (Å²) < 4.78 is 11.7. The van der Waals surface area contributed by atoms with E-state index in [1.54, 1.807) is 24.3 Å². The molecule has 8 heteroatoms. The van der Waals surface area contributed by atoms with E-state index in [1.165, 1.54) is 5.56 Å². The number of oxazole rings is 1. The SMILES string of the molecule is CCC(C)c1ccc2oc(-c3cccc(NC(=S)NC(=O)c4ccc(-c5ccc(Cl)cc5)o4)c3)nc2c1. The molecule has 2 heterocycles. The Bertz CT molecular complexity index is 1590. The zero-order chi connectivity index (χ0) is 25.9. The van der Waals surface area contributed by atoms with Crippen LogP contribution in [-0.4, -0.2) is 16.0 Å². The first-order chi connectivity index (χ1) is 17.9. The lowest BCUT2D eigenvalue weighted by molar-refractivity contribution is 0.0951. The van der Waals surface area contributed by atoms with Crippen molar-refractivity contribution in [2.45, 2.75) is 26.2 Å². The number of amides is 1. The molecule has 0 saturated carbocycles. The average Bonchev–Trinajstić information content (AvgIpc) is 3.56. The third kappa shape index (κ3) is 5.58. The largest absolute Gasteiger partial charge is 0.451 e. The van der Waals surface area contributed by atoms with E-state index < -0.39 is 5.91 Å². The molecule has 0 radical (unpaired) electrons. The number of carbonyl (C=O) groups excluding carboxylic acids is 1. The van der Waals surface area contributed by atoms with Gasteiger partial charge in [-0.1, -0.05) is 37.6 Å². The molecule has 0 saturated heterocycles. The van der Waals surface area contributed by atoms with Gasteiger partial charge in [0.25, 0.3) is 5.91 Å². The maximum absolute atomic E-state index is 12.7. The van der Waals surface area contributed by atoms with Gasteiger partial charge in [0.05, 0.1) is 0 Å². The molecular formula is C29H24ClN3O3S. The topological polar surface area (TPSA) is 80.3 Å². The van der Waals surface area contributed by atoms with Crippen molar-refractivity contribution >= 4 is 51.6 Å². The molecule has 0 bridgehead atoms. The van der Waals surface area contributed by atoms with Crippen LogP contribution in [0.3, 0.4) is 0 Å². The second-order valence-electron chi connectivity index (χ2n) is 8.72. The number of halogens is 1. The minimum Gasteiger partial charge on any atom is -0.451 e. The first-order valence-corrected chi connectivity index (χ1v) is 12.7. The third-order valence-corrected chi connectivity index (χ3v) is 6.60. The molecule has 2 aromatic heterocycles. The molecule has 37 heavy (non-hydrogen) atoms. The smallest absolute Gasteiger partial charge is 0.293 e. The molecule has 1 atom stereocenters. The van der Waals surface area contributed by atoms with Crippen LogP contribution in [0.5, 0.6) is 0 Å². The van der Waals surface area contributed by atoms with E-state index in [9.17, 15) is 4.79 Å². The predicted octanol–water partition coefficient (Wildman–Crippen LogP) is 8.05. The van der Waals surface area contributed by atoms with E-state index in [1.807, 2.05) is 42.5 Å². The summed E-state index contributed by atoms with van der Waals surface area (Å²) in [5, 5.41) is 6.45. The molecule has 6 nitrogen and oxygen atoms in total. The minimum absolute atomic E-state index is 0.141. The Hall–Kier alpha value is -3.94. The number of hydrogen-bond acceptors (Lipinski definition) is 5. The van der Waals surface area contributed by atoms with E-state index >= 15 is 0 Å². The van der Waals surface area contributed by atoms with Gasteiger partial charge in [-0.15, -0.1) is 0 Å². The minimum atomic E-state index is -0.454. The van der Waals surface area contributed by atoms with E-state index in [4.69, 9.17) is 32.7 Å². The summed E-state index contributed by atoms with van der Waals surface area (Å²) in [7, 11) is 0. The maximum Gasteiger partial charge on any atom is 0.293 e. The fourth-order valence-corrected chi connectivity index (χ4v) is 4.23. The van der Waals surface area contributed by atoms with E-state index in [0.717, 1.165) is 28.6 Å². The number of nitrogens with zero attached hydrogens (tertiary/aromatic N) is 1. The molecule has 0 fully saturated rings. The summed E-state index contributed by atoms with van der Waals surface area (Å²) in [6.07, 6.45) is 1.06. The van der Waals surface area contributed by atoms with Gasteiger partial charge in [0.1, 0.15) is 11.3 Å². The van der Waals surface area contributed by atoms with Gasteiger partial charge >= 0.3 is 0 Å². The lowest BCUT2D eigenvalue weighted by Gasteiger charge is -2.09. The maximum atomic E-state index is 12.7. The number of benzene rings is 3.